The van der Waals surface area contributed by atoms with Crippen LogP contribution >= 0.6 is 23.8 Å². The zero-order valence-electron chi connectivity index (χ0n) is 10.8. The minimum Gasteiger partial charge on any atom is -0.330 e. The number of halogens is 1. The van der Waals surface area contributed by atoms with Gasteiger partial charge in [0.2, 0.25) is 0 Å². The van der Waals surface area contributed by atoms with E-state index in [9.17, 15) is 0 Å². The van der Waals surface area contributed by atoms with Crippen molar-refractivity contribution in [2.45, 2.75) is 6.92 Å². The van der Waals surface area contributed by atoms with Gasteiger partial charge in [0.15, 0.2) is 5.11 Å². The van der Waals surface area contributed by atoms with Gasteiger partial charge in [0.25, 0.3) is 0 Å². The lowest BCUT2D eigenvalue weighted by molar-refractivity contribution is 1.03. The van der Waals surface area contributed by atoms with Crippen molar-refractivity contribution in [2.24, 2.45) is 5.10 Å². The number of nitrogens with one attached hydrogen (secondary N) is 2. The maximum atomic E-state index is 6.03. The van der Waals surface area contributed by atoms with Gasteiger partial charge in [-0.3, -0.25) is 10.4 Å². The van der Waals surface area contributed by atoms with Gasteiger partial charge in [0.05, 0.1) is 22.1 Å². The highest BCUT2D eigenvalue weighted by Gasteiger charge is 2.02. The first-order chi connectivity index (χ1) is 9.66. The van der Waals surface area contributed by atoms with Gasteiger partial charge < -0.3 is 5.32 Å². The summed E-state index contributed by atoms with van der Waals surface area (Å²) in [4.78, 5) is 4.20. The Morgan fingerprint density at radius 3 is 2.65 bits per heavy atom. The SMILES string of the molecule is CC(=NNC(=S)Nc1ccccc1Cl)c1ccccn1. The number of hydrogen-bond donors (Lipinski definition) is 2. The predicted molar refractivity (Wildman–Crippen MR) is 87.3 cm³/mol. The first kappa shape index (κ1) is 14.4. The summed E-state index contributed by atoms with van der Waals surface area (Å²) < 4.78 is 0. The molecule has 4 nitrogen and oxygen atoms in total. The fraction of sp³-hybridized carbons (Fsp3) is 0.0714. The molecule has 1 aromatic heterocycles. The summed E-state index contributed by atoms with van der Waals surface area (Å²) in [6.07, 6.45) is 1.72. The van der Waals surface area contributed by atoms with Crippen LogP contribution in [0.15, 0.2) is 53.8 Å². The lowest BCUT2D eigenvalue weighted by Crippen LogP contribution is -2.25. The molecule has 0 radical (unpaired) electrons. The minimum absolute atomic E-state index is 0.369. The molecular formula is C14H13ClN4S. The van der Waals surface area contributed by atoms with Crippen LogP contribution in [0.5, 0.6) is 0 Å². The Morgan fingerprint density at radius 2 is 1.95 bits per heavy atom. The van der Waals surface area contributed by atoms with Crippen molar-refractivity contribution >= 4 is 40.3 Å². The number of thiocarbonyl (C=S) groups is 1. The molecule has 2 aromatic rings. The van der Waals surface area contributed by atoms with E-state index in [1.807, 2.05) is 43.3 Å². The third-order valence-electron chi connectivity index (χ3n) is 2.48. The van der Waals surface area contributed by atoms with Crippen LogP contribution in [0.4, 0.5) is 5.69 Å². The van der Waals surface area contributed by atoms with E-state index in [4.69, 9.17) is 23.8 Å². The van der Waals surface area contributed by atoms with E-state index in [2.05, 4.69) is 20.8 Å². The summed E-state index contributed by atoms with van der Waals surface area (Å²) in [5, 5.41) is 8.12. The molecule has 0 aliphatic heterocycles. The number of hydrogen-bond acceptors (Lipinski definition) is 3. The van der Waals surface area contributed by atoms with Crippen LogP contribution in [0.3, 0.4) is 0 Å². The molecule has 0 aliphatic carbocycles. The standard InChI is InChI=1S/C14H13ClN4S/c1-10(12-7-4-5-9-16-12)18-19-14(20)17-13-8-3-2-6-11(13)15/h2-9H,1H3,(H2,17,19,20). The molecule has 0 saturated heterocycles. The number of pyridine rings is 1. The molecule has 102 valence electrons. The van der Waals surface area contributed by atoms with Gasteiger partial charge in [-0.05, 0) is 43.4 Å². The fourth-order valence-electron chi connectivity index (χ4n) is 1.48. The number of benzene rings is 1. The predicted octanol–water partition coefficient (Wildman–Crippen LogP) is 3.45. The Hall–Kier alpha value is -1.98. The molecule has 0 fully saturated rings. The average molecular weight is 305 g/mol. The Morgan fingerprint density at radius 1 is 1.20 bits per heavy atom. The molecule has 0 aliphatic rings. The molecule has 2 N–H and O–H groups in total. The Kier molecular flexibility index (Phi) is 5.03. The molecule has 1 aromatic carbocycles. The van der Waals surface area contributed by atoms with Crippen molar-refractivity contribution < 1.29 is 0 Å². The molecule has 0 spiro atoms. The zero-order chi connectivity index (χ0) is 14.4. The molecule has 20 heavy (non-hydrogen) atoms. The number of anilines is 1. The van der Waals surface area contributed by atoms with Gasteiger partial charge >= 0.3 is 0 Å². The van der Waals surface area contributed by atoms with Crippen molar-refractivity contribution in [3.05, 3.63) is 59.4 Å². The Balaban J connectivity index is 1.97. The largest absolute Gasteiger partial charge is 0.330 e. The molecular weight excluding hydrogens is 292 g/mol. The van der Waals surface area contributed by atoms with Gasteiger partial charge in [-0.25, -0.2) is 0 Å². The van der Waals surface area contributed by atoms with Gasteiger partial charge in [0.1, 0.15) is 0 Å². The summed E-state index contributed by atoms with van der Waals surface area (Å²) >= 11 is 11.2. The average Bonchev–Trinajstić information content (AvgIpc) is 2.48. The summed E-state index contributed by atoms with van der Waals surface area (Å²) in [5.74, 6) is 0. The maximum absolute atomic E-state index is 6.03. The highest BCUT2D eigenvalue weighted by atomic mass is 35.5. The van der Waals surface area contributed by atoms with Crippen LogP contribution < -0.4 is 10.7 Å². The van der Waals surface area contributed by atoms with Crippen LogP contribution in [-0.2, 0) is 0 Å². The van der Waals surface area contributed by atoms with E-state index in [-0.39, 0.29) is 0 Å². The molecule has 0 amide bonds. The first-order valence-corrected chi connectivity index (χ1v) is 6.72. The van der Waals surface area contributed by atoms with Gasteiger partial charge in [-0.2, -0.15) is 5.10 Å². The smallest absolute Gasteiger partial charge is 0.191 e. The Bertz CT molecular complexity index is 628. The molecule has 6 heteroatoms. The number of hydrazone groups is 1. The second-order valence-corrected chi connectivity index (χ2v) is 4.77. The maximum Gasteiger partial charge on any atom is 0.191 e. The highest BCUT2D eigenvalue weighted by Crippen LogP contribution is 2.20. The second-order valence-electron chi connectivity index (χ2n) is 3.96. The highest BCUT2D eigenvalue weighted by molar-refractivity contribution is 7.80. The lowest BCUT2D eigenvalue weighted by Gasteiger charge is -2.09. The molecule has 0 unspecified atom stereocenters. The van der Waals surface area contributed by atoms with Crippen molar-refractivity contribution in [2.75, 3.05) is 5.32 Å². The lowest BCUT2D eigenvalue weighted by atomic mass is 10.3. The first-order valence-electron chi connectivity index (χ1n) is 5.94. The van der Waals surface area contributed by atoms with Crippen LogP contribution in [0, 0.1) is 0 Å². The fourth-order valence-corrected chi connectivity index (χ4v) is 1.82. The van der Waals surface area contributed by atoms with Crippen molar-refractivity contribution in [3.63, 3.8) is 0 Å². The number of rotatable bonds is 3. The monoisotopic (exact) mass is 304 g/mol. The van der Waals surface area contributed by atoms with Crippen molar-refractivity contribution in [1.29, 1.82) is 0 Å². The second kappa shape index (κ2) is 6.98. The summed E-state index contributed by atoms with van der Waals surface area (Å²) in [7, 11) is 0. The molecule has 2 rings (SSSR count). The molecule has 0 saturated carbocycles. The Labute approximate surface area is 127 Å². The third-order valence-corrected chi connectivity index (χ3v) is 3.01. The van der Waals surface area contributed by atoms with E-state index < -0.39 is 0 Å². The van der Waals surface area contributed by atoms with Gasteiger partial charge in [-0.15, -0.1) is 0 Å². The van der Waals surface area contributed by atoms with E-state index in [0.717, 1.165) is 17.1 Å². The van der Waals surface area contributed by atoms with Crippen LogP contribution in [0.25, 0.3) is 0 Å². The van der Waals surface area contributed by atoms with Crippen molar-refractivity contribution in [3.8, 4) is 0 Å². The summed E-state index contributed by atoms with van der Waals surface area (Å²) in [6.45, 7) is 1.85. The van der Waals surface area contributed by atoms with Crippen molar-refractivity contribution in [1.82, 2.24) is 10.4 Å². The molecule has 0 bridgehead atoms. The number of para-hydroxylation sites is 1. The van der Waals surface area contributed by atoms with E-state index >= 15 is 0 Å². The third kappa shape index (κ3) is 4.01. The topological polar surface area (TPSA) is 49.3 Å². The molecule has 1 heterocycles. The number of nitrogens with zero attached hydrogens (tertiary/aromatic N) is 2. The van der Waals surface area contributed by atoms with Crippen LogP contribution in [-0.4, -0.2) is 15.8 Å². The number of aromatic nitrogens is 1. The summed E-state index contributed by atoms with van der Waals surface area (Å²) in [5.41, 5.74) is 5.04. The molecule has 0 atom stereocenters. The van der Waals surface area contributed by atoms with Gasteiger partial charge in [-0.1, -0.05) is 29.8 Å². The van der Waals surface area contributed by atoms with E-state index in [1.165, 1.54) is 0 Å². The zero-order valence-corrected chi connectivity index (χ0v) is 12.4. The quantitative estimate of drug-likeness (QED) is 0.518. The van der Waals surface area contributed by atoms with E-state index in [1.54, 1.807) is 12.3 Å². The summed E-state index contributed by atoms with van der Waals surface area (Å²) in [6, 6.07) is 13.0. The minimum atomic E-state index is 0.369. The van der Waals surface area contributed by atoms with Crippen LogP contribution in [0.2, 0.25) is 5.02 Å². The van der Waals surface area contributed by atoms with Crippen LogP contribution in [0.1, 0.15) is 12.6 Å². The normalized spacial score (nSPS) is 11.0. The van der Waals surface area contributed by atoms with Gasteiger partial charge in [0, 0.05) is 6.20 Å². The van der Waals surface area contributed by atoms with E-state index in [0.29, 0.717) is 10.1 Å².